The summed E-state index contributed by atoms with van der Waals surface area (Å²) in [7, 11) is -1.86. The molecular weight excluding hydrogens is 390 g/mol. The van der Waals surface area contributed by atoms with Crippen LogP contribution in [0.5, 0.6) is 5.75 Å². The van der Waals surface area contributed by atoms with Crippen LogP contribution in [0, 0.1) is 0 Å². The summed E-state index contributed by atoms with van der Waals surface area (Å²) in [6.45, 7) is 0. The third-order valence-electron chi connectivity index (χ3n) is 2.71. The number of thioether (sulfide) groups is 1. The van der Waals surface area contributed by atoms with Gasteiger partial charge in [-0.25, -0.2) is 18.4 Å². The smallest absolute Gasteiger partial charge is 0.228 e. The third-order valence-corrected chi connectivity index (χ3v) is 5.34. The molecule has 0 atom stereocenters. The Labute approximate surface area is 141 Å². The van der Waals surface area contributed by atoms with Crippen molar-refractivity contribution >= 4 is 49.2 Å². The molecule has 1 aromatic carbocycles. The van der Waals surface area contributed by atoms with Crippen molar-refractivity contribution in [2.75, 3.05) is 24.9 Å². The van der Waals surface area contributed by atoms with E-state index in [1.165, 1.54) is 31.0 Å². The van der Waals surface area contributed by atoms with Gasteiger partial charge in [-0.1, -0.05) is 0 Å². The molecule has 22 heavy (non-hydrogen) atoms. The van der Waals surface area contributed by atoms with Crippen molar-refractivity contribution in [1.29, 1.82) is 0 Å². The van der Waals surface area contributed by atoms with Gasteiger partial charge in [0, 0.05) is 24.2 Å². The summed E-state index contributed by atoms with van der Waals surface area (Å²) in [5.41, 5.74) is 0.536. The highest BCUT2D eigenvalue weighted by Crippen LogP contribution is 2.27. The lowest BCUT2D eigenvalue weighted by Crippen LogP contribution is -2.02. The zero-order valence-electron chi connectivity index (χ0n) is 12.1. The topological polar surface area (TPSA) is 81.2 Å². The van der Waals surface area contributed by atoms with E-state index in [9.17, 15) is 8.42 Å². The van der Waals surface area contributed by atoms with E-state index >= 15 is 0 Å². The maximum absolute atomic E-state index is 11.7. The van der Waals surface area contributed by atoms with Gasteiger partial charge in [-0.05, 0) is 34.3 Å². The molecule has 0 aliphatic rings. The van der Waals surface area contributed by atoms with Gasteiger partial charge in [-0.15, -0.1) is 11.8 Å². The van der Waals surface area contributed by atoms with Crippen molar-refractivity contribution in [1.82, 2.24) is 9.97 Å². The molecule has 9 heteroatoms. The van der Waals surface area contributed by atoms with Gasteiger partial charge < -0.3 is 10.1 Å². The van der Waals surface area contributed by atoms with Crippen molar-refractivity contribution < 1.29 is 13.2 Å². The average molecular weight is 404 g/mol. The number of methoxy groups -OCH3 is 1. The Morgan fingerprint density at radius 3 is 2.64 bits per heavy atom. The molecule has 0 aliphatic carbocycles. The van der Waals surface area contributed by atoms with Crippen LogP contribution in [0.15, 0.2) is 38.8 Å². The van der Waals surface area contributed by atoms with E-state index in [1.807, 2.05) is 6.26 Å². The van der Waals surface area contributed by atoms with E-state index < -0.39 is 9.84 Å². The van der Waals surface area contributed by atoms with Crippen LogP contribution in [0.2, 0.25) is 0 Å². The first-order valence-electron chi connectivity index (χ1n) is 6.06. The second kappa shape index (κ2) is 6.84. The lowest BCUT2D eigenvalue weighted by atomic mass is 10.3. The highest BCUT2D eigenvalue weighted by molar-refractivity contribution is 9.10. The SMILES string of the molecule is COc1cc(Nc2ncc(Br)c(SC)n2)cc(S(C)(=O)=O)c1. The van der Waals surface area contributed by atoms with Crippen LogP contribution in [-0.4, -0.2) is 38.0 Å². The van der Waals surface area contributed by atoms with Crippen LogP contribution in [0.1, 0.15) is 0 Å². The van der Waals surface area contributed by atoms with Crippen LogP contribution in [-0.2, 0) is 9.84 Å². The van der Waals surface area contributed by atoms with E-state index in [2.05, 4.69) is 31.2 Å². The molecule has 0 unspecified atom stereocenters. The van der Waals surface area contributed by atoms with Gasteiger partial charge in [0.2, 0.25) is 5.95 Å². The number of halogens is 1. The first kappa shape index (κ1) is 17.0. The summed E-state index contributed by atoms with van der Waals surface area (Å²) in [5.74, 6) is 0.813. The molecule has 118 valence electrons. The molecule has 2 aromatic rings. The van der Waals surface area contributed by atoms with Crippen LogP contribution in [0.3, 0.4) is 0 Å². The summed E-state index contributed by atoms with van der Waals surface area (Å²) in [6.07, 6.45) is 4.69. The number of aromatic nitrogens is 2. The van der Waals surface area contributed by atoms with E-state index in [4.69, 9.17) is 4.74 Å². The molecule has 0 radical (unpaired) electrons. The second-order valence-corrected chi connectivity index (χ2v) is 8.01. The summed E-state index contributed by atoms with van der Waals surface area (Å²) in [5, 5.41) is 3.77. The standard InChI is InChI=1S/C13H14BrN3O3S2/c1-20-9-4-8(5-10(6-9)22(3,18)19)16-13-15-7-11(14)12(17-13)21-2/h4-7H,1-3H3,(H,15,16,17). The number of hydrogen-bond donors (Lipinski definition) is 1. The van der Waals surface area contributed by atoms with Crippen LogP contribution in [0.4, 0.5) is 11.6 Å². The number of anilines is 2. The number of nitrogens with zero attached hydrogens (tertiary/aromatic N) is 2. The third kappa shape index (κ3) is 4.11. The molecule has 0 aliphatic heterocycles. The molecule has 6 nitrogen and oxygen atoms in total. The first-order chi connectivity index (χ1) is 10.3. The minimum absolute atomic E-state index is 0.163. The van der Waals surface area contributed by atoms with Gasteiger partial charge in [0.15, 0.2) is 9.84 Å². The average Bonchev–Trinajstić information content (AvgIpc) is 2.48. The number of ether oxygens (including phenoxy) is 1. The van der Waals surface area contributed by atoms with Crippen LogP contribution < -0.4 is 10.1 Å². The van der Waals surface area contributed by atoms with Crippen molar-refractivity contribution in [3.8, 4) is 5.75 Å². The monoisotopic (exact) mass is 403 g/mol. The fourth-order valence-electron chi connectivity index (χ4n) is 1.66. The maximum atomic E-state index is 11.7. The maximum Gasteiger partial charge on any atom is 0.228 e. The number of rotatable bonds is 5. The summed E-state index contributed by atoms with van der Waals surface area (Å²) in [4.78, 5) is 8.66. The summed E-state index contributed by atoms with van der Waals surface area (Å²) >= 11 is 4.84. The molecule has 2 rings (SSSR count). The summed E-state index contributed by atoms with van der Waals surface area (Å²) < 4.78 is 29.4. The Hall–Kier alpha value is -1.32. The van der Waals surface area contributed by atoms with Gasteiger partial charge in [-0.3, -0.25) is 0 Å². The molecule has 0 saturated carbocycles. The van der Waals surface area contributed by atoms with E-state index in [0.717, 1.165) is 15.8 Å². The highest BCUT2D eigenvalue weighted by atomic mass is 79.9. The van der Waals surface area contributed by atoms with E-state index in [1.54, 1.807) is 12.3 Å². The fraction of sp³-hybridized carbons (Fsp3) is 0.231. The Kier molecular flexibility index (Phi) is 5.30. The van der Waals surface area contributed by atoms with Crippen molar-refractivity contribution in [3.05, 3.63) is 28.9 Å². The lowest BCUT2D eigenvalue weighted by molar-refractivity contribution is 0.413. The molecule has 1 heterocycles. The van der Waals surface area contributed by atoms with Crippen LogP contribution in [0.25, 0.3) is 0 Å². The summed E-state index contributed by atoms with van der Waals surface area (Å²) in [6, 6.07) is 4.66. The molecule has 1 N–H and O–H groups in total. The second-order valence-electron chi connectivity index (χ2n) is 4.35. The molecule has 0 amide bonds. The normalized spacial score (nSPS) is 11.3. The molecule has 1 aromatic heterocycles. The molecule has 0 saturated heterocycles. The van der Waals surface area contributed by atoms with E-state index in [0.29, 0.717) is 17.4 Å². The Morgan fingerprint density at radius 2 is 2.05 bits per heavy atom. The first-order valence-corrected chi connectivity index (χ1v) is 9.97. The van der Waals surface area contributed by atoms with Crippen molar-refractivity contribution in [3.63, 3.8) is 0 Å². The van der Waals surface area contributed by atoms with E-state index in [-0.39, 0.29) is 4.90 Å². The van der Waals surface area contributed by atoms with Gasteiger partial charge in [0.05, 0.1) is 16.5 Å². The van der Waals surface area contributed by atoms with Crippen molar-refractivity contribution in [2.24, 2.45) is 0 Å². The minimum atomic E-state index is -3.34. The largest absolute Gasteiger partial charge is 0.497 e. The zero-order valence-corrected chi connectivity index (χ0v) is 15.3. The van der Waals surface area contributed by atoms with Gasteiger partial charge in [0.25, 0.3) is 0 Å². The van der Waals surface area contributed by atoms with Gasteiger partial charge in [-0.2, -0.15) is 0 Å². The quantitative estimate of drug-likeness (QED) is 0.606. The van der Waals surface area contributed by atoms with Crippen molar-refractivity contribution in [2.45, 2.75) is 9.92 Å². The highest BCUT2D eigenvalue weighted by Gasteiger charge is 2.12. The van der Waals surface area contributed by atoms with Crippen LogP contribution >= 0.6 is 27.7 Å². The molecule has 0 bridgehead atoms. The Bertz CT molecular complexity index is 797. The number of nitrogens with one attached hydrogen (secondary N) is 1. The molecule has 0 fully saturated rings. The number of benzene rings is 1. The molecular formula is C13H14BrN3O3S2. The van der Waals surface area contributed by atoms with Gasteiger partial charge >= 0.3 is 0 Å². The Morgan fingerprint density at radius 1 is 1.32 bits per heavy atom. The number of hydrogen-bond acceptors (Lipinski definition) is 7. The predicted molar refractivity (Wildman–Crippen MR) is 90.9 cm³/mol. The van der Waals surface area contributed by atoms with Gasteiger partial charge in [0.1, 0.15) is 10.8 Å². The molecule has 0 spiro atoms. The fourth-order valence-corrected chi connectivity index (χ4v) is 3.43. The number of sulfone groups is 1. The minimum Gasteiger partial charge on any atom is -0.497 e. The zero-order chi connectivity index (χ0) is 16.3. The predicted octanol–water partition coefficient (Wildman–Crippen LogP) is 3.12. The Balaban J connectivity index is 2.41. The lowest BCUT2D eigenvalue weighted by Gasteiger charge is -2.10.